The summed E-state index contributed by atoms with van der Waals surface area (Å²) in [5.41, 5.74) is 0. The van der Waals surface area contributed by atoms with Gasteiger partial charge in [-0.05, 0) is 5.92 Å². The molecule has 0 aromatic carbocycles. The summed E-state index contributed by atoms with van der Waals surface area (Å²) in [6.45, 7) is 6.50. The molecule has 0 fully saturated rings. The molecule has 26 heavy (non-hydrogen) atoms. The van der Waals surface area contributed by atoms with Gasteiger partial charge in [0, 0.05) is 687 Å². The normalized spacial score (nSPS) is 1.38. The van der Waals surface area contributed by atoms with Gasteiger partial charge < -0.3 is 7.43 Å². The van der Waals surface area contributed by atoms with E-state index >= 15 is 0 Å². The van der Waals surface area contributed by atoms with Crippen molar-refractivity contribution in [3.63, 3.8) is 0 Å². The molecule has 0 aromatic heterocycles. The van der Waals surface area contributed by atoms with Crippen molar-refractivity contribution in [2.75, 3.05) is 0 Å². The van der Waals surface area contributed by atoms with E-state index < -0.39 is 0 Å². The number of hydrogen-bond acceptors (Lipinski definition) is 0. The molecule has 0 spiro atoms. The van der Waals surface area contributed by atoms with E-state index in [1.807, 2.05) is 0 Å². The average Bonchev–Trinajstić information content (AvgIpc) is 0.811. The Hall–Kier alpha value is 23.2. The molecule has 0 saturated carbocycles. The minimum atomic E-state index is 0. The Balaban J connectivity index is -0.000000000195. The smallest absolute Gasteiger partial charge is 0 e. The SMILES string of the molecule is CC(C)C.[CH3-].[Y].[Y].[Y].[Y].[Y].[Y].[Y].[Y].[Y].[Y].[Y].[Y].[Y].[Y].[Y].[Y].[Y].[Y].[Y].[Y].[Y]. The zero-order chi connectivity index (χ0) is 3.58. The van der Waals surface area contributed by atoms with E-state index in [1.165, 1.54) is 0 Å². The molecule has 0 heterocycles. The quantitative estimate of drug-likeness (QED) is 0.327. The van der Waals surface area contributed by atoms with Crippen LogP contribution < -0.4 is 0 Å². The van der Waals surface area contributed by atoms with Crippen molar-refractivity contribution in [3.8, 4) is 0 Å². The second kappa shape index (κ2) is 156. The maximum absolute atomic E-state index is 2.17. The summed E-state index contributed by atoms with van der Waals surface area (Å²) >= 11 is 0. The summed E-state index contributed by atoms with van der Waals surface area (Å²) < 4.78 is 0. The van der Waals surface area contributed by atoms with E-state index in [1.54, 1.807) is 0 Å². The van der Waals surface area contributed by atoms with Crippen molar-refractivity contribution in [3.05, 3.63) is 7.43 Å². The maximum atomic E-state index is 2.17. The van der Waals surface area contributed by atoms with Gasteiger partial charge in [-0.25, -0.2) is 0 Å². The molecule has 0 saturated heterocycles. The van der Waals surface area contributed by atoms with Crippen LogP contribution >= 0.6 is 0 Å². The first-order valence-electron chi connectivity index (χ1n) is 1.73. The van der Waals surface area contributed by atoms with Gasteiger partial charge in [-0.15, -0.1) is 0 Å². The van der Waals surface area contributed by atoms with Crippen LogP contribution in [0.1, 0.15) is 20.8 Å². The third kappa shape index (κ3) is 187. The van der Waals surface area contributed by atoms with Gasteiger partial charge in [-0.1, -0.05) is 20.8 Å². The van der Waals surface area contributed by atoms with Crippen molar-refractivity contribution in [2.24, 2.45) is 5.92 Å². The van der Waals surface area contributed by atoms with Crippen LogP contribution in [0.15, 0.2) is 0 Å². The zero-order valence-corrected chi connectivity index (χ0v) is 76.3. The molecule has 0 aliphatic heterocycles. The summed E-state index contributed by atoms with van der Waals surface area (Å²) in [5, 5.41) is 0. The van der Waals surface area contributed by atoms with E-state index in [9.17, 15) is 0 Å². The summed E-state index contributed by atoms with van der Waals surface area (Å²) in [6, 6.07) is 0. The van der Waals surface area contributed by atoms with E-state index in [-0.39, 0.29) is 694 Å². The third-order valence-electron chi connectivity index (χ3n) is 0. The topological polar surface area (TPSA) is 0 Å². The molecular formula is C5H13Y21-. The molecule has 0 unspecified atom stereocenters. The van der Waals surface area contributed by atoms with Crippen LogP contribution in [0.25, 0.3) is 0 Å². The molecule has 21 heteroatoms. The molecule has 0 amide bonds. The van der Waals surface area contributed by atoms with Crippen LogP contribution in [-0.4, -0.2) is 0 Å². The summed E-state index contributed by atoms with van der Waals surface area (Å²) in [6.07, 6.45) is 0. The van der Waals surface area contributed by atoms with Crippen molar-refractivity contribution in [2.45, 2.75) is 20.8 Å². The molecular weight excluding hydrogens is 1930 g/mol. The van der Waals surface area contributed by atoms with Crippen LogP contribution in [-0.2, 0) is 687 Å². The van der Waals surface area contributed by atoms with Crippen LogP contribution in [0.5, 0.6) is 0 Å². The Bertz CT molecular complexity index is 23.1. The fourth-order valence-corrected chi connectivity index (χ4v) is 0. The second-order valence-electron chi connectivity index (χ2n) is 1.73. The molecule has 0 nitrogen and oxygen atoms in total. The van der Waals surface area contributed by atoms with Gasteiger partial charge >= 0.3 is 0 Å². The molecule has 0 aliphatic carbocycles. The molecule has 0 N–H and O–H groups in total. The monoisotopic (exact) mass is 1940 g/mol. The van der Waals surface area contributed by atoms with Crippen LogP contribution in [0.3, 0.4) is 0 Å². The first-order valence-corrected chi connectivity index (χ1v) is 1.73. The van der Waals surface area contributed by atoms with Gasteiger partial charge in [-0.2, -0.15) is 0 Å². The van der Waals surface area contributed by atoms with Crippen molar-refractivity contribution < 1.29 is 687 Å². The van der Waals surface area contributed by atoms with Gasteiger partial charge in [0.2, 0.25) is 0 Å². The summed E-state index contributed by atoms with van der Waals surface area (Å²) in [7, 11) is 0. The first kappa shape index (κ1) is 167. The van der Waals surface area contributed by atoms with Crippen LogP contribution in [0, 0.1) is 13.3 Å². The van der Waals surface area contributed by atoms with Gasteiger partial charge in [0.15, 0.2) is 0 Å². The standard InChI is InChI=1S/C4H10.CH3.21Y/c1-4(2)3;;;;;;;;;;;;;;;;;;;;;;/h4H,1-3H3;1H3;;;;;;;;;;;;;;;;;;;;;/q;-1;;;;;;;;;;;;;;;;;;;;;. The Kier molecular flexibility index (Phi) is 1000. The predicted octanol–water partition coefficient (Wildman–Crippen LogP) is 2.06. The number of hydrogen-bond donors (Lipinski definition) is 0. The second-order valence-corrected chi connectivity index (χ2v) is 1.73. The van der Waals surface area contributed by atoms with Gasteiger partial charge in [0.1, 0.15) is 0 Å². The molecule has 0 aliphatic rings. The average molecular weight is 1940 g/mol. The third-order valence-corrected chi connectivity index (χ3v) is 0. The molecule has 0 atom stereocenters. The summed E-state index contributed by atoms with van der Waals surface area (Å²) in [5.74, 6) is 0.833. The molecule has 21 radical (unpaired) electrons. The largest absolute Gasteiger partial charge is 0.358 e. The van der Waals surface area contributed by atoms with E-state index in [0.717, 1.165) is 5.92 Å². The molecule has 0 bridgehead atoms. The Morgan fingerprint density at radius 2 is 0.231 bits per heavy atom. The van der Waals surface area contributed by atoms with Gasteiger partial charge in [-0.3, -0.25) is 0 Å². The predicted molar refractivity (Wildman–Crippen MR) is 26.9 cm³/mol. The minimum Gasteiger partial charge on any atom is -0.358 e. The van der Waals surface area contributed by atoms with Gasteiger partial charge in [0.25, 0.3) is 0 Å². The fourth-order valence-electron chi connectivity index (χ4n) is 0. The molecule has 97 valence electrons. The Morgan fingerprint density at radius 1 is 0.231 bits per heavy atom. The van der Waals surface area contributed by atoms with E-state index in [0.29, 0.717) is 0 Å². The van der Waals surface area contributed by atoms with Crippen molar-refractivity contribution in [1.29, 1.82) is 0 Å². The number of rotatable bonds is 0. The maximum Gasteiger partial charge on any atom is 0 e. The Morgan fingerprint density at radius 3 is 0.231 bits per heavy atom. The fraction of sp³-hybridized carbons (Fsp3) is 0.800. The van der Waals surface area contributed by atoms with E-state index in [4.69, 9.17) is 0 Å². The van der Waals surface area contributed by atoms with Crippen LogP contribution in [0.2, 0.25) is 0 Å². The molecule has 0 rings (SSSR count). The van der Waals surface area contributed by atoms with Crippen LogP contribution in [0.4, 0.5) is 0 Å². The van der Waals surface area contributed by atoms with Crippen molar-refractivity contribution in [1.82, 2.24) is 0 Å². The van der Waals surface area contributed by atoms with Gasteiger partial charge in [0.05, 0.1) is 0 Å². The molecule has 0 aromatic rings. The first-order chi connectivity index (χ1) is 1.73. The Labute approximate surface area is 694 Å². The zero-order valence-electron chi connectivity index (χ0n) is 16.7. The minimum absolute atomic E-state index is 0. The summed E-state index contributed by atoms with van der Waals surface area (Å²) in [4.78, 5) is 0. The van der Waals surface area contributed by atoms with E-state index in [2.05, 4.69) is 20.8 Å². The van der Waals surface area contributed by atoms with Crippen molar-refractivity contribution >= 4 is 0 Å².